The van der Waals surface area contributed by atoms with Crippen LogP contribution < -0.4 is 31.5 Å². The molecule has 3 aromatic carbocycles. The Hall–Kier alpha value is -5.80. The number of likely N-dealkylation sites (tertiary alicyclic amines) is 1. The lowest BCUT2D eigenvalue weighted by Crippen LogP contribution is -2.51. The van der Waals surface area contributed by atoms with Gasteiger partial charge in [-0.3, -0.25) is 4.79 Å². The molecule has 4 aliphatic rings. The summed E-state index contributed by atoms with van der Waals surface area (Å²) in [5.41, 5.74) is 8.01. The van der Waals surface area contributed by atoms with Crippen LogP contribution in [0.5, 0.6) is 0 Å². The number of benzene rings is 3. The molecule has 6 heterocycles. The highest BCUT2D eigenvalue weighted by Gasteiger charge is 2.34. The maximum absolute atomic E-state index is 14.1. The van der Waals surface area contributed by atoms with Crippen molar-refractivity contribution in [3.63, 3.8) is 0 Å². The number of unbranched alkanes of at least 4 members (excludes halogenated alkanes) is 1. The van der Waals surface area contributed by atoms with Gasteiger partial charge in [0.25, 0.3) is 5.91 Å². The number of thiophene rings is 1. The molecular formula is C54H62F3N9O3S2. The number of carbonyl (C=O) groups excluding carboxylic acids is 1. The number of carbonyl (C=O) groups is 1. The Labute approximate surface area is 418 Å². The van der Waals surface area contributed by atoms with Crippen molar-refractivity contribution in [2.75, 3.05) is 72.9 Å². The number of anilines is 4. The van der Waals surface area contributed by atoms with E-state index in [1.165, 1.54) is 57.7 Å². The van der Waals surface area contributed by atoms with E-state index in [0.29, 0.717) is 33.6 Å². The standard InChI is InChI=1S/C54H62F3N9O3S2/c1-35-10-21-46-50(51(70-53(46)60-35)52(67)63-40-13-11-37-30-43(18-12-36(37)29-40)65-32-41-14-15-42(33-65)61-41)59-24-3-4-26-64-27-22-39(23-28-64)62-48-8-5-9-49-47(48)31-44(66(49)34-54(55,56)57)7-6-25-58-38-16-19-45(20-17-38)71(2,68)69/h5,8-10,12,16-21,30-31,39-42,58-59,61-62H,3-4,11,13-15,22-29,32-34H2,1-2H3,(H,63,67)/t40-,41-,42+/m0/s1. The fourth-order valence-electron chi connectivity index (χ4n) is 10.9. The second-order valence-corrected chi connectivity index (χ2v) is 22.9. The monoisotopic (exact) mass is 1010 g/mol. The summed E-state index contributed by atoms with van der Waals surface area (Å²) >= 11 is 1.46. The van der Waals surface area contributed by atoms with E-state index in [1.54, 1.807) is 30.3 Å². The van der Waals surface area contributed by atoms with Crippen LogP contribution in [-0.2, 0) is 29.2 Å². The molecule has 3 aliphatic heterocycles. The lowest BCUT2D eigenvalue weighted by molar-refractivity contribution is -0.140. The van der Waals surface area contributed by atoms with Crippen molar-refractivity contribution >= 4 is 71.0 Å². The van der Waals surface area contributed by atoms with Gasteiger partial charge in [0.05, 0.1) is 28.3 Å². The van der Waals surface area contributed by atoms with Crippen LogP contribution in [0, 0.1) is 18.8 Å². The first kappa shape index (κ1) is 48.8. The van der Waals surface area contributed by atoms with Crippen LogP contribution in [0.25, 0.3) is 21.1 Å². The van der Waals surface area contributed by atoms with Crippen LogP contribution in [0.2, 0.25) is 0 Å². The summed E-state index contributed by atoms with van der Waals surface area (Å²) in [5.74, 6) is 5.85. The van der Waals surface area contributed by atoms with E-state index in [1.807, 2.05) is 19.1 Å². The summed E-state index contributed by atoms with van der Waals surface area (Å²) in [7, 11) is -3.33. The number of piperidine rings is 1. The Bertz CT molecular complexity index is 3070. The Morgan fingerprint density at radius 3 is 2.44 bits per heavy atom. The highest BCUT2D eigenvalue weighted by molar-refractivity contribution is 7.90. The normalized spacial score (nSPS) is 19.6. The van der Waals surface area contributed by atoms with E-state index in [-0.39, 0.29) is 35.1 Å². The summed E-state index contributed by atoms with van der Waals surface area (Å²) in [6, 6.07) is 25.8. The van der Waals surface area contributed by atoms with Crippen LogP contribution in [0.4, 0.5) is 35.9 Å². The number of pyridine rings is 1. The number of halogens is 3. The van der Waals surface area contributed by atoms with Crippen LogP contribution >= 0.6 is 11.3 Å². The van der Waals surface area contributed by atoms with Crippen molar-refractivity contribution < 1.29 is 26.4 Å². The molecule has 17 heteroatoms. The van der Waals surface area contributed by atoms with Crippen LogP contribution in [0.1, 0.15) is 77.1 Å². The average molecular weight is 1010 g/mol. The van der Waals surface area contributed by atoms with Crippen LogP contribution in [0.3, 0.4) is 0 Å². The van der Waals surface area contributed by atoms with Gasteiger partial charge in [-0.05, 0) is 155 Å². The van der Waals surface area contributed by atoms with Gasteiger partial charge < -0.3 is 41.0 Å². The molecular weight excluding hydrogens is 944 g/mol. The number of hydrogen-bond acceptors (Lipinski definition) is 11. The maximum Gasteiger partial charge on any atom is 0.406 e. The molecule has 0 unspecified atom stereocenters. The summed E-state index contributed by atoms with van der Waals surface area (Å²) in [5, 5.41) is 19.2. The van der Waals surface area contributed by atoms with Crippen LogP contribution in [0.15, 0.2) is 83.8 Å². The first-order chi connectivity index (χ1) is 34.2. The van der Waals surface area contributed by atoms with E-state index in [9.17, 15) is 26.4 Å². The number of fused-ring (bicyclic) bond motifs is 5. The molecule has 1 aliphatic carbocycles. The van der Waals surface area contributed by atoms with Crippen molar-refractivity contribution in [1.82, 2.24) is 25.1 Å². The molecule has 2 bridgehead atoms. The number of nitrogens with one attached hydrogen (secondary N) is 5. The number of rotatable bonds is 15. The number of amides is 1. The molecule has 3 atom stereocenters. The zero-order valence-corrected chi connectivity index (χ0v) is 41.9. The van der Waals surface area contributed by atoms with E-state index in [2.05, 4.69) is 72.5 Å². The molecule has 6 aromatic rings. The van der Waals surface area contributed by atoms with E-state index in [4.69, 9.17) is 4.98 Å². The predicted molar refractivity (Wildman–Crippen MR) is 280 cm³/mol. The number of sulfone groups is 1. The fraction of sp³-hybridized carbons (Fsp3) is 0.444. The van der Waals surface area contributed by atoms with Crippen molar-refractivity contribution in [3.8, 4) is 11.8 Å². The predicted octanol–water partition coefficient (Wildman–Crippen LogP) is 8.99. The summed E-state index contributed by atoms with van der Waals surface area (Å²) in [6.07, 6.45) is 5.65. The van der Waals surface area contributed by atoms with Gasteiger partial charge in [-0.2, -0.15) is 13.2 Å². The zero-order valence-electron chi connectivity index (χ0n) is 40.3. The topological polar surface area (TPSA) is 136 Å². The zero-order chi connectivity index (χ0) is 49.3. The highest BCUT2D eigenvalue weighted by atomic mass is 32.2. The number of nitrogens with zero attached hydrogens (tertiary/aromatic N) is 4. The van der Waals surface area contributed by atoms with Gasteiger partial charge in [-0.15, -0.1) is 11.3 Å². The minimum atomic E-state index is -4.44. The van der Waals surface area contributed by atoms with Crippen molar-refractivity contribution in [3.05, 3.63) is 106 Å². The molecule has 0 saturated carbocycles. The molecule has 3 fully saturated rings. The molecule has 3 aromatic heterocycles. The molecule has 374 valence electrons. The highest BCUT2D eigenvalue weighted by Crippen LogP contribution is 2.37. The quantitative estimate of drug-likeness (QED) is 0.0502. The Kier molecular flexibility index (Phi) is 14.3. The Morgan fingerprint density at radius 2 is 1.68 bits per heavy atom. The van der Waals surface area contributed by atoms with Gasteiger partial charge in [0.15, 0.2) is 9.84 Å². The average Bonchev–Trinajstić information content (AvgIpc) is 4.00. The minimum Gasteiger partial charge on any atom is -0.383 e. The molecule has 1 amide bonds. The van der Waals surface area contributed by atoms with Crippen molar-refractivity contribution in [2.45, 2.75) is 106 Å². The number of piperazine rings is 1. The van der Waals surface area contributed by atoms with Crippen molar-refractivity contribution in [1.29, 1.82) is 0 Å². The van der Waals surface area contributed by atoms with Crippen LogP contribution in [-0.4, -0.2) is 111 Å². The van der Waals surface area contributed by atoms with E-state index in [0.717, 1.165) is 118 Å². The fourth-order valence-corrected chi connectivity index (χ4v) is 12.6. The Morgan fingerprint density at radius 1 is 0.887 bits per heavy atom. The smallest absolute Gasteiger partial charge is 0.383 e. The molecule has 3 saturated heterocycles. The molecule has 5 N–H and O–H groups in total. The van der Waals surface area contributed by atoms with Gasteiger partial charge in [0, 0.05) is 96.7 Å². The molecule has 12 nitrogen and oxygen atoms in total. The Balaban J connectivity index is 0.707. The van der Waals surface area contributed by atoms with Crippen molar-refractivity contribution in [2.24, 2.45) is 0 Å². The SMILES string of the molecule is Cc1ccc2c(NCCCCN3CCC(Nc4cccc5c4cc(C#CCNc4ccc(S(C)(=O)=O)cc4)n5CC(F)(F)F)CC3)c(C(=O)N[C@H]3CCc4cc(N5C[C@H]6CC[C@@H](C5)N6)ccc4C3)sc2n1. The summed E-state index contributed by atoms with van der Waals surface area (Å²) in [6.45, 7) is 6.62. The second-order valence-electron chi connectivity index (χ2n) is 19.8. The maximum atomic E-state index is 14.1. The number of aromatic nitrogens is 2. The molecule has 10 rings (SSSR count). The third-order valence-electron chi connectivity index (χ3n) is 14.5. The number of alkyl halides is 3. The second kappa shape index (κ2) is 20.7. The lowest BCUT2D eigenvalue weighted by atomic mass is 9.87. The molecule has 0 spiro atoms. The summed E-state index contributed by atoms with van der Waals surface area (Å²) < 4.78 is 66.4. The number of aryl methyl sites for hydroxylation is 2. The van der Waals surface area contributed by atoms with Gasteiger partial charge >= 0.3 is 6.18 Å². The largest absolute Gasteiger partial charge is 0.406 e. The van der Waals surface area contributed by atoms with Gasteiger partial charge in [0.2, 0.25) is 0 Å². The van der Waals surface area contributed by atoms with E-state index < -0.39 is 22.6 Å². The molecule has 0 radical (unpaired) electrons. The number of hydrogen-bond donors (Lipinski definition) is 5. The van der Waals surface area contributed by atoms with Gasteiger partial charge in [-0.1, -0.05) is 18.1 Å². The third kappa shape index (κ3) is 11.6. The van der Waals surface area contributed by atoms with Gasteiger partial charge in [-0.25, -0.2) is 13.4 Å². The first-order valence-corrected chi connectivity index (χ1v) is 27.7. The van der Waals surface area contributed by atoms with E-state index >= 15 is 0 Å². The van der Waals surface area contributed by atoms with Gasteiger partial charge in [0.1, 0.15) is 16.3 Å². The summed E-state index contributed by atoms with van der Waals surface area (Å²) in [4.78, 5) is 25.6. The first-order valence-electron chi connectivity index (χ1n) is 25.0. The lowest BCUT2D eigenvalue weighted by Gasteiger charge is -2.35. The third-order valence-corrected chi connectivity index (χ3v) is 16.8. The molecule has 71 heavy (non-hydrogen) atoms. The minimum absolute atomic E-state index is 0.0437.